The van der Waals surface area contributed by atoms with Crippen LogP contribution in [-0.2, 0) is 4.74 Å². The second-order valence-corrected chi connectivity index (χ2v) is 7.43. The summed E-state index contributed by atoms with van der Waals surface area (Å²) in [5.41, 5.74) is 0.859. The molecule has 9 heteroatoms. The maximum Gasteiger partial charge on any atom is 0.407 e. The van der Waals surface area contributed by atoms with E-state index in [0.29, 0.717) is 17.0 Å². The number of carbonyl (C=O) groups is 1. The number of benzene rings is 1. The Morgan fingerprint density at radius 3 is 2.69 bits per heavy atom. The maximum atomic E-state index is 11.9. The fraction of sp³-hybridized carbons (Fsp3) is 0.529. The Kier molecular flexibility index (Phi) is 4.71. The SMILES string of the molecule is CC(C)(C)OC(=O)NC1CCN(c2nc3ccc([N+](=O)[O-])cc3[nH]2)CC1. The first kappa shape index (κ1) is 18.0. The van der Waals surface area contributed by atoms with Crippen LogP contribution in [0.2, 0.25) is 0 Å². The van der Waals surface area contributed by atoms with E-state index in [2.05, 4.69) is 20.2 Å². The minimum atomic E-state index is -0.512. The first-order valence-corrected chi connectivity index (χ1v) is 8.60. The molecule has 1 aliphatic rings. The number of imidazole rings is 1. The number of non-ortho nitro benzene ring substituents is 1. The van der Waals surface area contributed by atoms with Crippen molar-refractivity contribution in [2.75, 3.05) is 18.0 Å². The summed E-state index contributed by atoms with van der Waals surface area (Å²) in [5.74, 6) is 0.691. The molecule has 1 fully saturated rings. The number of anilines is 1. The van der Waals surface area contributed by atoms with Crippen LogP contribution < -0.4 is 10.2 Å². The average Bonchev–Trinajstić information content (AvgIpc) is 2.96. The van der Waals surface area contributed by atoms with Crippen LogP contribution in [0.1, 0.15) is 33.6 Å². The van der Waals surface area contributed by atoms with Gasteiger partial charge in [-0.15, -0.1) is 0 Å². The standard InChI is InChI=1S/C17H23N5O4/c1-17(2,3)26-16(23)18-11-6-8-21(9-7-11)15-19-13-5-4-12(22(24)25)10-14(13)20-15/h4-5,10-11H,6-9H2,1-3H3,(H,18,23)(H,19,20). The number of nitro groups is 1. The number of nitrogens with zero attached hydrogens (tertiary/aromatic N) is 3. The van der Waals surface area contributed by atoms with Gasteiger partial charge in [0, 0.05) is 31.3 Å². The summed E-state index contributed by atoms with van der Waals surface area (Å²) < 4.78 is 5.29. The summed E-state index contributed by atoms with van der Waals surface area (Å²) in [6, 6.07) is 4.64. The summed E-state index contributed by atoms with van der Waals surface area (Å²) in [6.07, 6.45) is 1.15. The van der Waals surface area contributed by atoms with Gasteiger partial charge in [-0.05, 0) is 39.7 Å². The smallest absolute Gasteiger partial charge is 0.407 e. The van der Waals surface area contributed by atoms with Crippen LogP contribution >= 0.6 is 0 Å². The summed E-state index contributed by atoms with van der Waals surface area (Å²) in [6.45, 7) is 6.95. The van der Waals surface area contributed by atoms with Crippen molar-refractivity contribution in [3.63, 3.8) is 0 Å². The molecule has 2 N–H and O–H groups in total. The van der Waals surface area contributed by atoms with Crippen molar-refractivity contribution in [3.05, 3.63) is 28.3 Å². The highest BCUT2D eigenvalue weighted by Gasteiger charge is 2.25. The fourth-order valence-electron chi connectivity index (χ4n) is 2.96. The number of nitro benzene ring substituents is 1. The van der Waals surface area contributed by atoms with Crippen LogP contribution in [0.5, 0.6) is 0 Å². The topological polar surface area (TPSA) is 113 Å². The van der Waals surface area contributed by atoms with Crippen molar-refractivity contribution in [2.45, 2.75) is 45.3 Å². The van der Waals surface area contributed by atoms with Crippen LogP contribution in [0.3, 0.4) is 0 Å². The van der Waals surface area contributed by atoms with Crippen molar-refractivity contribution in [1.29, 1.82) is 0 Å². The molecule has 0 saturated carbocycles. The third kappa shape index (κ3) is 4.22. The molecule has 26 heavy (non-hydrogen) atoms. The highest BCUT2D eigenvalue weighted by atomic mass is 16.6. The fourth-order valence-corrected chi connectivity index (χ4v) is 2.96. The minimum Gasteiger partial charge on any atom is -0.444 e. The molecule has 0 aliphatic carbocycles. The number of nitrogens with one attached hydrogen (secondary N) is 2. The third-order valence-electron chi connectivity index (χ3n) is 4.18. The molecule has 9 nitrogen and oxygen atoms in total. The van der Waals surface area contributed by atoms with Crippen LogP contribution in [0.15, 0.2) is 18.2 Å². The number of carbonyl (C=O) groups excluding carboxylic acids is 1. The van der Waals surface area contributed by atoms with E-state index in [-0.39, 0.29) is 11.7 Å². The largest absolute Gasteiger partial charge is 0.444 e. The number of amides is 1. The van der Waals surface area contributed by atoms with Gasteiger partial charge in [-0.2, -0.15) is 0 Å². The van der Waals surface area contributed by atoms with Crippen molar-refractivity contribution in [3.8, 4) is 0 Å². The summed E-state index contributed by atoms with van der Waals surface area (Å²) in [7, 11) is 0. The van der Waals surface area contributed by atoms with Gasteiger partial charge in [-0.25, -0.2) is 9.78 Å². The lowest BCUT2D eigenvalue weighted by Gasteiger charge is -2.32. The molecule has 140 valence electrons. The Morgan fingerprint density at radius 1 is 1.38 bits per heavy atom. The molecule has 2 aromatic rings. The molecule has 0 unspecified atom stereocenters. The van der Waals surface area contributed by atoms with E-state index >= 15 is 0 Å². The lowest BCUT2D eigenvalue weighted by atomic mass is 10.1. The molecule has 1 aromatic heterocycles. The number of aromatic amines is 1. The van der Waals surface area contributed by atoms with Gasteiger partial charge >= 0.3 is 6.09 Å². The Bertz CT molecular complexity index is 818. The van der Waals surface area contributed by atoms with Crippen molar-refractivity contribution in [1.82, 2.24) is 15.3 Å². The van der Waals surface area contributed by atoms with Crippen LogP contribution in [0.25, 0.3) is 11.0 Å². The third-order valence-corrected chi connectivity index (χ3v) is 4.18. The first-order valence-electron chi connectivity index (χ1n) is 8.60. The predicted octanol–water partition coefficient (Wildman–Crippen LogP) is 2.96. The second kappa shape index (κ2) is 6.81. The quantitative estimate of drug-likeness (QED) is 0.642. The summed E-state index contributed by atoms with van der Waals surface area (Å²) in [5, 5.41) is 13.8. The van der Waals surface area contributed by atoms with Gasteiger partial charge in [0.1, 0.15) is 5.60 Å². The van der Waals surface area contributed by atoms with E-state index in [9.17, 15) is 14.9 Å². The molecule has 1 aliphatic heterocycles. The molecule has 0 spiro atoms. The predicted molar refractivity (Wildman–Crippen MR) is 97.4 cm³/mol. The van der Waals surface area contributed by atoms with Gasteiger partial charge in [-0.1, -0.05) is 0 Å². The zero-order valence-electron chi connectivity index (χ0n) is 15.1. The number of alkyl carbamates (subject to hydrolysis) is 1. The van der Waals surface area contributed by atoms with E-state index in [0.717, 1.165) is 25.9 Å². The van der Waals surface area contributed by atoms with Crippen LogP contribution in [0.4, 0.5) is 16.4 Å². The van der Waals surface area contributed by atoms with Crippen molar-refractivity contribution >= 4 is 28.8 Å². The number of hydrogen-bond acceptors (Lipinski definition) is 6. The Morgan fingerprint density at radius 2 is 2.08 bits per heavy atom. The Hall–Kier alpha value is -2.84. The number of aromatic nitrogens is 2. The number of fused-ring (bicyclic) bond motifs is 1. The lowest BCUT2D eigenvalue weighted by molar-refractivity contribution is -0.384. The van der Waals surface area contributed by atoms with E-state index in [1.807, 2.05) is 20.8 Å². The zero-order valence-corrected chi connectivity index (χ0v) is 15.1. The van der Waals surface area contributed by atoms with Gasteiger partial charge in [0.15, 0.2) is 0 Å². The summed E-state index contributed by atoms with van der Waals surface area (Å²) in [4.78, 5) is 32.1. The van der Waals surface area contributed by atoms with Crippen molar-refractivity contribution in [2.24, 2.45) is 0 Å². The molecule has 0 atom stereocenters. The number of piperidine rings is 1. The van der Waals surface area contributed by atoms with Crippen LogP contribution in [-0.4, -0.2) is 45.7 Å². The average molecular weight is 361 g/mol. The highest BCUT2D eigenvalue weighted by molar-refractivity contribution is 5.80. The lowest BCUT2D eigenvalue weighted by Crippen LogP contribution is -2.46. The molecule has 1 aromatic carbocycles. The van der Waals surface area contributed by atoms with Gasteiger partial charge in [0.25, 0.3) is 5.69 Å². The second-order valence-electron chi connectivity index (χ2n) is 7.43. The maximum absolute atomic E-state index is 11.9. The molecule has 2 heterocycles. The number of H-pyrrole nitrogens is 1. The van der Waals surface area contributed by atoms with E-state index < -0.39 is 16.6 Å². The first-order chi connectivity index (χ1) is 12.2. The normalized spacial score (nSPS) is 15.9. The molecule has 3 rings (SSSR count). The van der Waals surface area contributed by atoms with Gasteiger partial charge in [-0.3, -0.25) is 10.1 Å². The van der Waals surface area contributed by atoms with Gasteiger partial charge in [0.05, 0.1) is 16.0 Å². The monoisotopic (exact) mass is 361 g/mol. The molecular weight excluding hydrogens is 338 g/mol. The number of ether oxygens (including phenoxy) is 1. The highest BCUT2D eigenvalue weighted by Crippen LogP contribution is 2.24. The molecular formula is C17H23N5O4. The molecule has 1 saturated heterocycles. The Balaban J connectivity index is 1.60. The molecule has 0 bridgehead atoms. The number of rotatable bonds is 3. The summed E-state index contributed by atoms with van der Waals surface area (Å²) >= 11 is 0. The van der Waals surface area contributed by atoms with Crippen molar-refractivity contribution < 1.29 is 14.5 Å². The van der Waals surface area contributed by atoms with Crippen LogP contribution in [0, 0.1) is 10.1 Å². The zero-order chi connectivity index (χ0) is 18.9. The van der Waals surface area contributed by atoms with E-state index in [1.54, 1.807) is 6.07 Å². The number of hydrogen-bond donors (Lipinski definition) is 2. The Labute approximate surface area is 150 Å². The molecule has 0 radical (unpaired) electrons. The molecule has 1 amide bonds. The van der Waals surface area contributed by atoms with E-state index in [4.69, 9.17) is 4.74 Å². The minimum absolute atomic E-state index is 0.0352. The van der Waals surface area contributed by atoms with Gasteiger partial charge < -0.3 is 19.9 Å². The van der Waals surface area contributed by atoms with Gasteiger partial charge in [0.2, 0.25) is 5.95 Å². The van der Waals surface area contributed by atoms with E-state index in [1.165, 1.54) is 12.1 Å².